The minimum atomic E-state index is -0.118. The van der Waals surface area contributed by atoms with Gasteiger partial charge in [-0.3, -0.25) is 4.79 Å². The van der Waals surface area contributed by atoms with Crippen LogP contribution in [0.15, 0.2) is 12.7 Å². The van der Waals surface area contributed by atoms with Crippen molar-refractivity contribution in [2.24, 2.45) is 5.92 Å². The van der Waals surface area contributed by atoms with Gasteiger partial charge in [-0.25, -0.2) is 0 Å². The molecule has 0 aromatic heterocycles. The van der Waals surface area contributed by atoms with Gasteiger partial charge in [0, 0.05) is 5.92 Å². The van der Waals surface area contributed by atoms with Gasteiger partial charge in [-0.2, -0.15) is 0 Å². The van der Waals surface area contributed by atoms with Gasteiger partial charge in [-0.05, 0) is 6.08 Å². The third-order valence-corrected chi connectivity index (χ3v) is 1.88. The van der Waals surface area contributed by atoms with Crippen LogP contribution < -0.4 is 5.32 Å². The van der Waals surface area contributed by atoms with Gasteiger partial charge in [0.25, 0.3) is 0 Å². The van der Waals surface area contributed by atoms with E-state index in [0.717, 1.165) is 6.61 Å². The predicted octanol–water partition coefficient (Wildman–Crippen LogP) is 0.323. The van der Waals surface area contributed by atoms with Crippen LogP contribution >= 0.6 is 0 Å². The number of ether oxygens (including phenoxy) is 1. The van der Waals surface area contributed by atoms with Crippen LogP contribution in [0.4, 0.5) is 0 Å². The zero-order chi connectivity index (χ0) is 8.27. The van der Waals surface area contributed by atoms with Crippen molar-refractivity contribution in [3.05, 3.63) is 12.7 Å². The van der Waals surface area contributed by atoms with Crippen LogP contribution in [-0.2, 0) is 9.53 Å². The fraction of sp³-hybridized carbons (Fsp3) is 0.625. The summed E-state index contributed by atoms with van der Waals surface area (Å²) in [5.41, 5.74) is 0. The topological polar surface area (TPSA) is 38.3 Å². The number of rotatable bonds is 2. The first-order valence-corrected chi connectivity index (χ1v) is 3.74. The largest absolute Gasteiger partial charge is 0.379 e. The summed E-state index contributed by atoms with van der Waals surface area (Å²) in [5.74, 6) is 0.297. The Morgan fingerprint density at radius 3 is 2.91 bits per heavy atom. The standard InChI is InChI=1S/C8H13NO2/c1-3-8(10)9-7-5-11-4-6(7)2/h3,6-7H,1,4-5H2,2H3,(H,9,10)/t6-,7+/m0/s1. The molecule has 1 rings (SSSR count). The van der Waals surface area contributed by atoms with Crippen molar-refractivity contribution in [3.8, 4) is 0 Å². The quantitative estimate of drug-likeness (QED) is 0.583. The highest BCUT2D eigenvalue weighted by Crippen LogP contribution is 2.11. The second-order valence-electron chi connectivity index (χ2n) is 2.83. The summed E-state index contributed by atoms with van der Waals surface area (Å²) in [5, 5.41) is 2.80. The molecule has 1 aliphatic rings. The van der Waals surface area contributed by atoms with Gasteiger partial charge < -0.3 is 10.1 Å². The first-order valence-electron chi connectivity index (χ1n) is 3.74. The molecule has 62 valence electrons. The van der Waals surface area contributed by atoms with E-state index in [9.17, 15) is 4.79 Å². The van der Waals surface area contributed by atoms with Crippen molar-refractivity contribution in [2.45, 2.75) is 13.0 Å². The molecular formula is C8H13NO2. The van der Waals surface area contributed by atoms with Crippen molar-refractivity contribution in [1.82, 2.24) is 5.32 Å². The molecule has 1 saturated heterocycles. The van der Waals surface area contributed by atoms with Crippen LogP contribution in [0.5, 0.6) is 0 Å². The van der Waals surface area contributed by atoms with Gasteiger partial charge in [0.15, 0.2) is 0 Å². The third-order valence-electron chi connectivity index (χ3n) is 1.88. The van der Waals surface area contributed by atoms with Crippen LogP contribution in [0.2, 0.25) is 0 Å². The second-order valence-corrected chi connectivity index (χ2v) is 2.83. The van der Waals surface area contributed by atoms with E-state index in [1.54, 1.807) is 0 Å². The highest BCUT2D eigenvalue weighted by Gasteiger charge is 2.24. The molecule has 0 aromatic carbocycles. The average molecular weight is 155 g/mol. The molecule has 1 aliphatic heterocycles. The Balaban J connectivity index is 2.36. The Morgan fingerprint density at radius 2 is 2.45 bits per heavy atom. The van der Waals surface area contributed by atoms with Crippen LogP contribution in [0.25, 0.3) is 0 Å². The average Bonchev–Trinajstić information content (AvgIpc) is 2.37. The molecule has 3 heteroatoms. The second kappa shape index (κ2) is 3.53. The number of amides is 1. The number of carbonyl (C=O) groups is 1. The summed E-state index contributed by atoms with van der Waals surface area (Å²) in [7, 11) is 0. The molecule has 0 spiro atoms. The summed E-state index contributed by atoms with van der Waals surface area (Å²) in [6.45, 7) is 6.80. The van der Waals surface area contributed by atoms with E-state index in [0.29, 0.717) is 12.5 Å². The third kappa shape index (κ3) is 2.05. The molecule has 1 amide bonds. The molecule has 0 bridgehead atoms. The molecule has 0 unspecified atom stereocenters. The van der Waals surface area contributed by atoms with Gasteiger partial charge in [-0.1, -0.05) is 13.5 Å². The maximum absolute atomic E-state index is 10.8. The monoisotopic (exact) mass is 155 g/mol. The van der Waals surface area contributed by atoms with Crippen LogP contribution in [-0.4, -0.2) is 25.2 Å². The summed E-state index contributed by atoms with van der Waals surface area (Å²) in [6, 6.07) is 0.167. The Hall–Kier alpha value is -0.830. The highest BCUT2D eigenvalue weighted by molar-refractivity contribution is 5.87. The van der Waals surface area contributed by atoms with Crippen LogP contribution in [0.1, 0.15) is 6.92 Å². The Labute approximate surface area is 66.4 Å². The molecule has 1 fully saturated rings. The molecule has 1 N–H and O–H groups in total. The SMILES string of the molecule is C=CC(=O)N[C@@H]1COC[C@@H]1C. The molecule has 0 saturated carbocycles. The smallest absolute Gasteiger partial charge is 0.243 e. The van der Waals surface area contributed by atoms with Gasteiger partial charge in [0.1, 0.15) is 0 Å². The summed E-state index contributed by atoms with van der Waals surface area (Å²) < 4.78 is 5.17. The van der Waals surface area contributed by atoms with E-state index in [1.165, 1.54) is 6.08 Å². The molecule has 0 aromatic rings. The fourth-order valence-electron chi connectivity index (χ4n) is 1.09. The van der Waals surface area contributed by atoms with Crippen LogP contribution in [0, 0.1) is 5.92 Å². The molecular weight excluding hydrogens is 142 g/mol. The van der Waals surface area contributed by atoms with Crippen molar-refractivity contribution < 1.29 is 9.53 Å². The van der Waals surface area contributed by atoms with Gasteiger partial charge in [0.2, 0.25) is 5.91 Å². The van der Waals surface area contributed by atoms with E-state index < -0.39 is 0 Å². The molecule has 1 heterocycles. The lowest BCUT2D eigenvalue weighted by Gasteiger charge is -2.13. The van der Waals surface area contributed by atoms with Crippen LogP contribution in [0.3, 0.4) is 0 Å². The molecule has 3 nitrogen and oxygen atoms in total. The van der Waals surface area contributed by atoms with Crippen molar-refractivity contribution in [2.75, 3.05) is 13.2 Å². The summed E-state index contributed by atoms with van der Waals surface area (Å²) in [4.78, 5) is 10.8. The molecule has 0 aliphatic carbocycles. The predicted molar refractivity (Wildman–Crippen MR) is 42.1 cm³/mol. The zero-order valence-electron chi connectivity index (χ0n) is 6.67. The lowest BCUT2D eigenvalue weighted by atomic mass is 10.1. The van der Waals surface area contributed by atoms with E-state index >= 15 is 0 Å². The number of nitrogens with one attached hydrogen (secondary N) is 1. The maximum Gasteiger partial charge on any atom is 0.243 e. The Morgan fingerprint density at radius 1 is 1.73 bits per heavy atom. The van der Waals surface area contributed by atoms with Crippen molar-refractivity contribution in [3.63, 3.8) is 0 Å². The summed E-state index contributed by atoms with van der Waals surface area (Å²) in [6.07, 6.45) is 1.28. The molecule has 2 atom stereocenters. The minimum Gasteiger partial charge on any atom is -0.379 e. The lowest BCUT2D eigenvalue weighted by molar-refractivity contribution is -0.117. The highest BCUT2D eigenvalue weighted by atomic mass is 16.5. The van der Waals surface area contributed by atoms with Crippen molar-refractivity contribution >= 4 is 5.91 Å². The Bertz CT molecular complexity index is 167. The van der Waals surface area contributed by atoms with E-state index in [-0.39, 0.29) is 11.9 Å². The normalized spacial score (nSPS) is 29.9. The first-order chi connectivity index (χ1) is 5.24. The fourth-order valence-corrected chi connectivity index (χ4v) is 1.09. The van der Waals surface area contributed by atoms with Gasteiger partial charge in [0.05, 0.1) is 19.3 Å². The van der Waals surface area contributed by atoms with E-state index in [4.69, 9.17) is 4.74 Å². The van der Waals surface area contributed by atoms with E-state index in [2.05, 4.69) is 18.8 Å². The van der Waals surface area contributed by atoms with Gasteiger partial charge >= 0.3 is 0 Å². The van der Waals surface area contributed by atoms with Crippen molar-refractivity contribution in [1.29, 1.82) is 0 Å². The zero-order valence-corrected chi connectivity index (χ0v) is 6.67. The lowest BCUT2D eigenvalue weighted by Crippen LogP contribution is -2.37. The maximum atomic E-state index is 10.8. The minimum absolute atomic E-state index is 0.118. The molecule has 0 radical (unpaired) electrons. The number of carbonyl (C=O) groups excluding carboxylic acids is 1. The molecule has 11 heavy (non-hydrogen) atoms. The first kappa shape index (κ1) is 8.27. The van der Waals surface area contributed by atoms with E-state index in [1.807, 2.05) is 0 Å². The van der Waals surface area contributed by atoms with Gasteiger partial charge in [-0.15, -0.1) is 0 Å². The number of hydrogen-bond donors (Lipinski definition) is 1. The summed E-state index contributed by atoms with van der Waals surface area (Å²) >= 11 is 0. The number of hydrogen-bond acceptors (Lipinski definition) is 2. The Kier molecular flexibility index (Phi) is 2.65.